The number of benzene rings is 1. The molecule has 0 saturated heterocycles. The lowest BCUT2D eigenvalue weighted by Gasteiger charge is -2.03. The van der Waals surface area contributed by atoms with Crippen LogP contribution in [0.1, 0.15) is 12.5 Å². The van der Waals surface area contributed by atoms with Crippen LogP contribution in [0.15, 0.2) is 18.2 Å². The molecule has 0 atom stereocenters. The highest BCUT2D eigenvalue weighted by atomic mass is 16.3. The maximum Gasteiger partial charge on any atom is 0.221 e. The van der Waals surface area contributed by atoms with E-state index in [4.69, 9.17) is 0 Å². The first-order valence-electron chi connectivity index (χ1n) is 3.67. The van der Waals surface area contributed by atoms with Crippen molar-refractivity contribution in [2.45, 2.75) is 13.8 Å². The third-order valence-corrected chi connectivity index (χ3v) is 1.53. The second-order valence-corrected chi connectivity index (χ2v) is 2.68. The van der Waals surface area contributed by atoms with Crippen molar-refractivity contribution in [1.29, 1.82) is 0 Å². The molecular weight excluding hydrogens is 154 g/mol. The Morgan fingerprint density at radius 2 is 2.17 bits per heavy atom. The van der Waals surface area contributed by atoms with Crippen molar-refractivity contribution >= 4 is 11.6 Å². The molecule has 1 amide bonds. The minimum absolute atomic E-state index is 0.141. The number of carbonyl (C=O) groups excluding carboxylic acids is 1. The summed E-state index contributed by atoms with van der Waals surface area (Å²) in [7, 11) is 0. The highest BCUT2D eigenvalue weighted by Crippen LogP contribution is 2.20. The number of amides is 1. The standard InChI is InChI=1S/C9H11NO2/c1-6-3-4-8(5-9(6)12)10-7(2)11/h3-5,12H,1-2H3,(H,10,11). The molecule has 0 aromatic heterocycles. The molecular formula is C9H11NO2. The molecule has 3 heteroatoms. The van der Waals surface area contributed by atoms with Crippen molar-refractivity contribution in [2.24, 2.45) is 0 Å². The van der Waals surface area contributed by atoms with Gasteiger partial charge in [0, 0.05) is 18.7 Å². The summed E-state index contributed by atoms with van der Waals surface area (Å²) in [5, 5.41) is 11.8. The number of phenolic OH excluding ortho intramolecular Hbond substituents is 1. The Morgan fingerprint density at radius 3 is 2.67 bits per heavy atom. The van der Waals surface area contributed by atoms with E-state index in [2.05, 4.69) is 5.32 Å². The number of hydrogen-bond acceptors (Lipinski definition) is 2. The van der Waals surface area contributed by atoms with E-state index in [-0.39, 0.29) is 11.7 Å². The van der Waals surface area contributed by atoms with E-state index < -0.39 is 0 Å². The highest BCUT2D eigenvalue weighted by Gasteiger charge is 1.98. The lowest BCUT2D eigenvalue weighted by Crippen LogP contribution is -2.05. The van der Waals surface area contributed by atoms with Gasteiger partial charge in [-0.3, -0.25) is 4.79 Å². The fourth-order valence-corrected chi connectivity index (χ4v) is 0.890. The molecule has 1 aromatic rings. The second kappa shape index (κ2) is 3.26. The van der Waals surface area contributed by atoms with Gasteiger partial charge < -0.3 is 10.4 Å². The summed E-state index contributed by atoms with van der Waals surface area (Å²) in [4.78, 5) is 10.6. The molecule has 0 aliphatic heterocycles. The maximum atomic E-state index is 10.6. The van der Waals surface area contributed by atoms with Gasteiger partial charge in [0.1, 0.15) is 5.75 Å². The van der Waals surface area contributed by atoms with Gasteiger partial charge in [-0.25, -0.2) is 0 Å². The first kappa shape index (κ1) is 8.59. The van der Waals surface area contributed by atoms with Gasteiger partial charge in [0.25, 0.3) is 0 Å². The predicted molar refractivity (Wildman–Crippen MR) is 47.1 cm³/mol. The normalized spacial score (nSPS) is 9.50. The first-order valence-corrected chi connectivity index (χ1v) is 3.67. The molecule has 0 fully saturated rings. The smallest absolute Gasteiger partial charge is 0.221 e. The highest BCUT2D eigenvalue weighted by molar-refractivity contribution is 5.88. The van der Waals surface area contributed by atoms with Crippen LogP contribution in [0.5, 0.6) is 5.75 Å². The van der Waals surface area contributed by atoms with Gasteiger partial charge in [-0.2, -0.15) is 0 Å². The van der Waals surface area contributed by atoms with Crippen molar-refractivity contribution in [2.75, 3.05) is 5.32 Å². The Kier molecular flexibility index (Phi) is 2.33. The molecule has 2 N–H and O–H groups in total. The molecule has 1 aromatic carbocycles. The molecule has 0 unspecified atom stereocenters. The van der Waals surface area contributed by atoms with Crippen LogP contribution in [0.3, 0.4) is 0 Å². The Balaban J connectivity index is 2.89. The zero-order valence-electron chi connectivity index (χ0n) is 7.09. The van der Waals surface area contributed by atoms with Crippen molar-refractivity contribution in [3.8, 4) is 5.75 Å². The number of anilines is 1. The average Bonchev–Trinajstić information content (AvgIpc) is 1.96. The number of carbonyl (C=O) groups is 1. The molecule has 0 aliphatic carbocycles. The van der Waals surface area contributed by atoms with Crippen molar-refractivity contribution < 1.29 is 9.90 Å². The van der Waals surface area contributed by atoms with Gasteiger partial charge in [0.15, 0.2) is 0 Å². The van der Waals surface area contributed by atoms with E-state index in [9.17, 15) is 9.90 Å². The zero-order chi connectivity index (χ0) is 9.14. The Labute approximate surface area is 71.0 Å². The van der Waals surface area contributed by atoms with E-state index in [0.29, 0.717) is 5.69 Å². The monoisotopic (exact) mass is 165 g/mol. The van der Waals surface area contributed by atoms with Gasteiger partial charge in [-0.1, -0.05) is 6.07 Å². The number of rotatable bonds is 1. The van der Waals surface area contributed by atoms with Crippen LogP contribution in [0.25, 0.3) is 0 Å². The number of hydrogen-bond donors (Lipinski definition) is 2. The SMILES string of the molecule is CC(=O)Nc1ccc(C)c(O)c1. The third kappa shape index (κ3) is 1.99. The minimum atomic E-state index is -0.141. The lowest BCUT2D eigenvalue weighted by atomic mass is 10.2. The average molecular weight is 165 g/mol. The third-order valence-electron chi connectivity index (χ3n) is 1.53. The van der Waals surface area contributed by atoms with E-state index in [1.54, 1.807) is 19.1 Å². The Morgan fingerprint density at radius 1 is 1.50 bits per heavy atom. The molecule has 0 aliphatic rings. The van der Waals surface area contributed by atoms with Crippen LogP contribution in [0.4, 0.5) is 5.69 Å². The van der Waals surface area contributed by atoms with Gasteiger partial charge >= 0.3 is 0 Å². The number of nitrogens with one attached hydrogen (secondary N) is 1. The molecule has 12 heavy (non-hydrogen) atoms. The summed E-state index contributed by atoms with van der Waals surface area (Å²) in [5.41, 5.74) is 1.41. The van der Waals surface area contributed by atoms with Crippen LogP contribution >= 0.6 is 0 Å². The summed E-state index contributed by atoms with van der Waals surface area (Å²) in [6.07, 6.45) is 0. The molecule has 1 rings (SSSR count). The van der Waals surface area contributed by atoms with E-state index in [1.807, 2.05) is 0 Å². The largest absolute Gasteiger partial charge is 0.508 e. The molecule has 0 radical (unpaired) electrons. The van der Waals surface area contributed by atoms with Crippen molar-refractivity contribution in [1.82, 2.24) is 0 Å². The topological polar surface area (TPSA) is 49.3 Å². The van der Waals surface area contributed by atoms with E-state index >= 15 is 0 Å². The summed E-state index contributed by atoms with van der Waals surface area (Å²) >= 11 is 0. The van der Waals surface area contributed by atoms with Crippen molar-refractivity contribution in [3.63, 3.8) is 0 Å². The number of aromatic hydroxyl groups is 1. The molecule has 64 valence electrons. The lowest BCUT2D eigenvalue weighted by molar-refractivity contribution is -0.114. The number of phenols is 1. The fourth-order valence-electron chi connectivity index (χ4n) is 0.890. The van der Waals surface area contributed by atoms with Crippen molar-refractivity contribution in [3.05, 3.63) is 23.8 Å². The molecule has 0 heterocycles. The molecule has 0 saturated carbocycles. The van der Waals surface area contributed by atoms with Crippen LogP contribution in [-0.4, -0.2) is 11.0 Å². The van der Waals surface area contributed by atoms with Crippen LogP contribution in [0.2, 0.25) is 0 Å². The molecule has 3 nitrogen and oxygen atoms in total. The van der Waals surface area contributed by atoms with Gasteiger partial charge in [-0.05, 0) is 18.6 Å². The van der Waals surface area contributed by atoms with Gasteiger partial charge in [-0.15, -0.1) is 0 Å². The number of aryl methyl sites for hydroxylation is 1. The van der Waals surface area contributed by atoms with Gasteiger partial charge in [0.2, 0.25) is 5.91 Å². The fraction of sp³-hybridized carbons (Fsp3) is 0.222. The molecule has 0 spiro atoms. The van der Waals surface area contributed by atoms with Crippen LogP contribution in [-0.2, 0) is 4.79 Å². The molecule has 0 bridgehead atoms. The predicted octanol–water partition coefficient (Wildman–Crippen LogP) is 1.66. The van der Waals surface area contributed by atoms with Crippen LogP contribution < -0.4 is 5.32 Å². The second-order valence-electron chi connectivity index (χ2n) is 2.68. The van der Waals surface area contributed by atoms with E-state index in [1.165, 1.54) is 13.0 Å². The summed E-state index contributed by atoms with van der Waals surface area (Å²) < 4.78 is 0. The summed E-state index contributed by atoms with van der Waals surface area (Å²) in [6, 6.07) is 5.02. The zero-order valence-corrected chi connectivity index (χ0v) is 7.09. The quantitative estimate of drug-likeness (QED) is 0.664. The summed E-state index contributed by atoms with van der Waals surface area (Å²) in [6.45, 7) is 3.23. The summed E-state index contributed by atoms with van der Waals surface area (Å²) in [5.74, 6) is 0.0551. The first-order chi connectivity index (χ1) is 5.59. The van der Waals surface area contributed by atoms with Crippen LogP contribution in [0, 0.1) is 6.92 Å². The van der Waals surface area contributed by atoms with E-state index in [0.717, 1.165) is 5.56 Å². The van der Waals surface area contributed by atoms with Gasteiger partial charge in [0.05, 0.1) is 0 Å². The maximum absolute atomic E-state index is 10.6. The minimum Gasteiger partial charge on any atom is -0.508 e. The Hall–Kier alpha value is -1.51. The Bertz CT molecular complexity index is 307.